The van der Waals surface area contributed by atoms with Gasteiger partial charge >= 0.3 is 5.97 Å². The SMILES string of the molecule is CCOC(=O)c1ccc(NC(=O)CCNc2ccccc2F)cc1. The molecule has 0 spiro atoms. The second kappa shape index (κ2) is 8.67. The number of ether oxygens (including phenoxy) is 1. The average Bonchev–Trinajstić information content (AvgIpc) is 2.57. The fraction of sp³-hybridized carbons (Fsp3) is 0.222. The average molecular weight is 330 g/mol. The van der Waals surface area contributed by atoms with E-state index in [1.54, 1.807) is 49.4 Å². The predicted octanol–water partition coefficient (Wildman–Crippen LogP) is 3.44. The zero-order valence-corrected chi connectivity index (χ0v) is 13.3. The van der Waals surface area contributed by atoms with Crippen LogP contribution in [0.4, 0.5) is 15.8 Å². The van der Waals surface area contributed by atoms with E-state index in [2.05, 4.69) is 10.6 Å². The molecule has 2 N–H and O–H groups in total. The zero-order chi connectivity index (χ0) is 17.4. The van der Waals surface area contributed by atoms with Crippen LogP contribution in [0.15, 0.2) is 48.5 Å². The number of hydrogen-bond donors (Lipinski definition) is 2. The number of esters is 1. The van der Waals surface area contributed by atoms with Gasteiger partial charge in [0, 0.05) is 18.7 Å². The molecule has 0 fully saturated rings. The maximum atomic E-state index is 13.4. The molecule has 6 heteroatoms. The molecule has 0 saturated carbocycles. The van der Waals surface area contributed by atoms with Gasteiger partial charge in [-0.25, -0.2) is 9.18 Å². The quantitative estimate of drug-likeness (QED) is 0.763. The molecule has 0 radical (unpaired) electrons. The summed E-state index contributed by atoms with van der Waals surface area (Å²) in [6.07, 6.45) is 0.188. The third-order valence-corrected chi connectivity index (χ3v) is 3.22. The molecule has 0 atom stereocenters. The van der Waals surface area contributed by atoms with Crippen molar-refractivity contribution in [1.29, 1.82) is 0 Å². The largest absolute Gasteiger partial charge is 0.462 e. The molecule has 0 heterocycles. The number of nitrogens with one attached hydrogen (secondary N) is 2. The van der Waals surface area contributed by atoms with Gasteiger partial charge in [0.1, 0.15) is 5.82 Å². The van der Waals surface area contributed by atoms with Gasteiger partial charge in [-0.3, -0.25) is 4.79 Å². The fourth-order valence-electron chi connectivity index (χ4n) is 2.04. The summed E-state index contributed by atoms with van der Waals surface area (Å²) in [7, 11) is 0. The topological polar surface area (TPSA) is 67.4 Å². The lowest BCUT2D eigenvalue weighted by Crippen LogP contribution is -2.16. The summed E-state index contributed by atoms with van der Waals surface area (Å²) in [6, 6.07) is 12.7. The van der Waals surface area contributed by atoms with E-state index in [0.29, 0.717) is 30.1 Å². The van der Waals surface area contributed by atoms with E-state index in [4.69, 9.17) is 4.74 Å². The maximum Gasteiger partial charge on any atom is 0.338 e. The number of amides is 1. The van der Waals surface area contributed by atoms with Crippen LogP contribution in [0, 0.1) is 5.82 Å². The first-order valence-electron chi connectivity index (χ1n) is 7.65. The number of halogens is 1. The summed E-state index contributed by atoms with van der Waals surface area (Å²) in [5.41, 5.74) is 1.37. The Morgan fingerprint density at radius 1 is 1.08 bits per heavy atom. The van der Waals surface area contributed by atoms with Crippen LogP contribution in [-0.2, 0) is 9.53 Å². The van der Waals surface area contributed by atoms with Crippen LogP contribution < -0.4 is 10.6 Å². The van der Waals surface area contributed by atoms with Gasteiger partial charge in [-0.05, 0) is 43.3 Å². The van der Waals surface area contributed by atoms with Crippen molar-refractivity contribution in [2.75, 3.05) is 23.8 Å². The predicted molar refractivity (Wildman–Crippen MR) is 90.5 cm³/mol. The molecule has 0 unspecified atom stereocenters. The number of rotatable bonds is 7. The Bertz CT molecular complexity index is 702. The van der Waals surface area contributed by atoms with Crippen LogP contribution in [0.25, 0.3) is 0 Å². The van der Waals surface area contributed by atoms with Gasteiger partial charge in [0.15, 0.2) is 0 Å². The van der Waals surface area contributed by atoms with Gasteiger partial charge in [0.05, 0.1) is 17.9 Å². The maximum absolute atomic E-state index is 13.4. The van der Waals surface area contributed by atoms with Gasteiger partial charge < -0.3 is 15.4 Å². The van der Waals surface area contributed by atoms with E-state index < -0.39 is 5.97 Å². The third-order valence-electron chi connectivity index (χ3n) is 3.22. The first-order valence-corrected chi connectivity index (χ1v) is 7.65. The Kier molecular flexibility index (Phi) is 6.31. The fourth-order valence-corrected chi connectivity index (χ4v) is 2.04. The van der Waals surface area contributed by atoms with Crippen molar-refractivity contribution in [3.05, 3.63) is 59.9 Å². The molecule has 0 aliphatic carbocycles. The van der Waals surface area contributed by atoms with Crippen molar-refractivity contribution in [3.63, 3.8) is 0 Å². The standard InChI is InChI=1S/C18H19FN2O3/c1-2-24-18(23)13-7-9-14(10-8-13)21-17(22)11-12-20-16-6-4-3-5-15(16)19/h3-10,20H,2,11-12H2,1H3,(H,21,22). The highest BCUT2D eigenvalue weighted by Crippen LogP contribution is 2.13. The van der Waals surface area contributed by atoms with Crippen molar-refractivity contribution >= 4 is 23.3 Å². The molecule has 0 aromatic heterocycles. The zero-order valence-electron chi connectivity index (χ0n) is 13.3. The van der Waals surface area contributed by atoms with Crippen molar-refractivity contribution in [2.45, 2.75) is 13.3 Å². The summed E-state index contributed by atoms with van der Waals surface area (Å²) >= 11 is 0. The number of benzene rings is 2. The van der Waals surface area contributed by atoms with E-state index in [1.165, 1.54) is 6.07 Å². The lowest BCUT2D eigenvalue weighted by atomic mass is 10.2. The number of carbonyl (C=O) groups excluding carboxylic acids is 2. The van der Waals surface area contributed by atoms with E-state index in [9.17, 15) is 14.0 Å². The highest BCUT2D eigenvalue weighted by molar-refractivity contribution is 5.93. The molecule has 5 nitrogen and oxygen atoms in total. The molecule has 1 amide bonds. The van der Waals surface area contributed by atoms with Gasteiger partial charge in [-0.2, -0.15) is 0 Å². The molecule has 2 rings (SSSR count). The third kappa shape index (κ3) is 5.08. The number of para-hydroxylation sites is 1. The van der Waals surface area contributed by atoms with Crippen LogP contribution in [0.5, 0.6) is 0 Å². The molecule has 126 valence electrons. The normalized spacial score (nSPS) is 10.1. The summed E-state index contributed by atoms with van der Waals surface area (Å²) in [5.74, 6) is -0.959. The van der Waals surface area contributed by atoms with Gasteiger partial charge in [0.25, 0.3) is 0 Å². The molecular formula is C18H19FN2O3. The summed E-state index contributed by atoms with van der Waals surface area (Å²) in [4.78, 5) is 23.4. The molecule has 0 aliphatic rings. The molecule has 2 aromatic rings. The minimum absolute atomic E-state index is 0.188. The summed E-state index contributed by atoms with van der Waals surface area (Å²) in [5, 5.41) is 5.59. The van der Waals surface area contributed by atoms with Gasteiger partial charge in [-0.1, -0.05) is 12.1 Å². The van der Waals surface area contributed by atoms with Crippen LogP contribution >= 0.6 is 0 Å². The number of hydrogen-bond acceptors (Lipinski definition) is 4. The van der Waals surface area contributed by atoms with Gasteiger partial charge in [-0.15, -0.1) is 0 Å². The number of carbonyl (C=O) groups is 2. The summed E-state index contributed by atoms with van der Waals surface area (Å²) < 4.78 is 18.3. The molecular weight excluding hydrogens is 311 g/mol. The highest BCUT2D eigenvalue weighted by atomic mass is 19.1. The Hall–Kier alpha value is -2.89. The molecule has 24 heavy (non-hydrogen) atoms. The first-order chi connectivity index (χ1) is 11.6. The monoisotopic (exact) mass is 330 g/mol. The second-order valence-corrected chi connectivity index (χ2v) is 5.00. The Morgan fingerprint density at radius 2 is 1.79 bits per heavy atom. The molecule has 0 saturated heterocycles. The van der Waals surface area contributed by atoms with Gasteiger partial charge in [0.2, 0.25) is 5.91 Å². The highest BCUT2D eigenvalue weighted by Gasteiger charge is 2.07. The smallest absolute Gasteiger partial charge is 0.338 e. The van der Waals surface area contributed by atoms with Crippen LogP contribution in [-0.4, -0.2) is 25.0 Å². The lowest BCUT2D eigenvalue weighted by molar-refractivity contribution is -0.115. The second-order valence-electron chi connectivity index (χ2n) is 5.00. The van der Waals surface area contributed by atoms with Crippen molar-refractivity contribution in [2.24, 2.45) is 0 Å². The lowest BCUT2D eigenvalue weighted by Gasteiger charge is -2.08. The minimum Gasteiger partial charge on any atom is -0.462 e. The van der Waals surface area contributed by atoms with Crippen molar-refractivity contribution in [3.8, 4) is 0 Å². The molecule has 0 bridgehead atoms. The Balaban J connectivity index is 1.80. The van der Waals surface area contributed by atoms with Crippen molar-refractivity contribution < 1.29 is 18.7 Å². The minimum atomic E-state index is -0.399. The van der Waals surface area contributed by atoms with Crippen molar-refractivity contribution in [1.82, 2.24) is 0 Å². The number of anilines is 2. The molecule has 2 aromatic carbocycles. The van der Waals surface area contributed by atoms with Crippen LogP contribution in [0.1, 0.15) is 23.7 Å². The van der Waals surface area contributed by atoms with Crippen LogP contribution in [0.2, 0.25) is 0 Å². The van der Waals surface area contributed by atoms with E-state index >= 15 is 0 Å². The van der Waals surface area contributed by atoms with E-state index in [-0.39, 0.29) is 18.1 Å². The summed E-state index contributed by atoms with van der Waals surface area (Å²) in [6.45, 7) is 2.36. The first kappa shape index (κ1) is 17.5. The molecule has 0 aliphatic heterocycles. The van der Waals surface area contributed by atoms with E-state index in [1.807, 2.05) is 0 Å². The van der Waals surface area contributed by atoms with Crippen LogP contribution in [0.3, 0.4) is 0 Å². The Labute approximate surface area is 139 Å². The Morgan fingerprint density at radius 3 is 2.46 bits per heavy atom. The van der Waals surface area contributed by atoms with E-state index in [0.717, 1.165) is 0 Å².